The molecule has 3 aromatic rings. The van der Waals surface area contributed by atoms with Crippen LogP contribution < -0.4 is 0 Å². The van der Waals surface area contributed by atoms with Crippen LogP contribution in [0, 0.1) is 5.92 Å². The highest BCUT2D eigenvalue weighted by Crippen LogP contribution is 2.41. The molecule has 1 heterocycles. The highest BCUT2D eigenvalue weighted by Gasteiger charge is 2.47. The second-order valence-electron chi connectivity index (χ2n) is 9.45. The van der Waals surface area contributed by atoms with Gasteiger partial charge in [-0.25, -0.2) is 0 Å². The predicted octanol–water partition coefficient (Wildman–Crippen LogP) is 4.35. The Hall–Kier alpha value is -4.01. The third-order valence-electron chi connectivity index (χ3n) is 6.78. The number of carboxylic acid groups (broad SMARTS) is 1. The molecule has 0 spiro atoms. The average Bonchev–Trinajstić information content (AvgIpc) is 2.93. The molecule has 4 atom stereocenters. The van der Waals surface area contributed by atoms with Crippen LogP contribution in [0.3, 0.4) is 0 Å². The van der Waals surface area contributed by atoms with E-state index >= 15 is 0 Å². The molecule has 8 nitrogen and oxygen atoms in total. The Labute approximate surface area is 227 Å². The monoisotopic (exact) mass is 532 g/mol. The molecule has 39 heavy (non-hydrogen) atoms. The molecule has 1 aliphatic heterocycles. The molecule has 1 fully saturated rings. The Morgan fingerprint density at radius 3 is 1.67 bits per heavy atom. The van der Waals surface area contributed by atoms with Crippen molar-refractivity contribution in [2.24, 2.45) is 5.92 Å². The quantitative estimate of drug-likeness (QED) is 0.303. The van der Waals surface area contributed by atoms with Crippen molar-refractivity contribution >= 4 is 17.9 Å². The molecule has 3 aromatic carbocycles. The number of rotatable bonds is 10. The highest BCUT2D eigenvalue weighted by molar-refractivity contribution is 5.69. The molecule has 4 rings (SSSR count). The standard InChI is InChI=1S/C31H32O8/c1-21(32)38-28-19-36-27(26(18-29(34)35)30(28)39-22(2)33)20-37-31(23-12-6-3-7-13-23,24-14-8-4-9-15-24)25-16-10-5-11-17-25/h3-17,26-28,30H,18-20H2,1-2H3,(H,34,35). The van der Waals surface area contributed by atoms with Crippen LogP contribution in [0.5, 0.6) is 0 Å². The lowest BCUT2D eigenvalue weighted by molar-refractivity contribution is -0.214. The van der Waals surface area contributed by atoms with Gasteiger partial charge in [0.2, 0.25) is 0 Å². The molecule has 0 aliphatic carbocycles. The van der Waals surface area contributed by atoms with Crippen molar-refractivity contribution in [3.05, 3.63) is 108 Å². The number of aliphatic carboxylic acids is 1. The van der Waals surface area contributed by atoms with Gasteiger partial charge in [-0.1, -0.05) is 91.0 Å². The minimum Gasteiger partial charge on any atom is -0.481 e. The van der Waals surface area contributed by atoms with Gasteiger partial charge in [0.05, 0.1) is 25.7 Å². The van der Waals surface area contributed by atoms with E-state index in [1.165, 1.54) is 13.8 Å². The third-order valence-corrected chi connectivity index (χ3v) is 6.78. The van der Waals surface area contributed by atoms with Gasteiger partial charge < -0.3 is 24.1 Å². The fraction of sp³-hybridized carbons (Fsp3) is 0.323. The van der Waals surface area contributed by atoms with Crippen LogP contribution >= 0.6 is 0 Å². The molecular formula is C31H32O8. The van der Waals surface area contributed by atoms with Gasteiger partial charge in [0.1, 0.15) is 11.7 Å². The van der Waals surface area contributed by atoms with Crippen molar-refractivity contribution in [2.75, 3.05) is 13.2 Å². The number of carbonyl (C=O) groups is 3. The van der Waals surface area contributed by atoms with Gasteiger partial charge in [0, 0.05) is 19.8 Å². The number of ether oxygens (including phenoxy) is 4. The van der Waals surface area contributed by atoms with E-state index in [2.05, 4.69) is 0 Å². The second-order valence-corrected chi connectivity index (χ2v) is 9.45. The number of carbonyl (C=O) groups excluding carboxylic acids is 2. The van der Waals surface area contributed by atoms with Crippen LogP contribution in [0.25, 0.3) is 0 Å². The molecule has 8 heteroatoms. The SMILES string of the molecule is CC(=O)OC1COC(COC(c2ccccc2)(c2ccccc2)c2ccccc2)C(CC(=O)O)C1OC(C)=O. The van der Waals surface area contributed by atoms with E-state index < -0.39 is 47.7 Å². The zero-order chi connectivity index (χ0) is 27.8. The van der Waals surface area contributed by atoms with Gasteiger partial charge in [-0.05, 0) is 16.7 Å². The summed E-state index contributed by atoms with van der Waals surface area (Å²) in [5, 5.41) is 9.72. The van der Waals surface area contributed by atoms with Crippen molar-refractivity contribution in [3.8, 4) is 0 Å². The third kappa shape index (κ3) is 6.53. The largest absolute Gasteiger partial charge is 0.481 e. The van der Waals surface area contributed by atoms with E-state index in [4.69, 9.17) is 18.9 Å². The van der Waals surface area contributed by atoms with Crippen LogP contribution in [0.15, 0.2) is 91.0 Å². The molecule has 0 amide bonds. The molecule has 0 aromatic heterocycles. The molecule has 0 bridgehead atoms. The summed E-state index contributed by atoms with van der Waals surface area (Å²) in [6.45, 7) is 2.37. The number of benzene rings is 3. The second kappa shape index (κ2) is 12.7. The van der Waals surface area contributed by atoms with Gasteiger partial charge in [0.25, 0.3) is 0 Å². The zero-order valence-electron chi connectivity index (χ0n) is 21.9. The van der Waals surface area contributed by atoms with Crippen LogP contribution in [0.4, 0.5) is 0 Å². The highest BCUT2D eigenvalue weighted by atomic mass is 16.6. The lowest BCUT2D eigenvalue weighted by Crippen LogP contribution is -2.55. The Morgan fingerprint density at radius 1 is 0.795 bits per heavy atom. The topological polar surface area (TPSA) is 108 Å². The average molecular weight is 533 g/mol. The first kappa shape index (κ1) is 28.0. The normalized spacial score (nSPS) is 21.1. The van der Waals surface area contributed by atoms with Gasteiger partial charge in [-0.2, -0.15) is 0 Å². The molecular weight excluding hydrogens is 500 g/mol. The first-order valence-electron chi connectivity index (χ1n) is 12.8. The number of esters is 2. The summed E-state index contributed by atoms with van der Waals surface area (Å²) >= 11 is 0. The number of carboxylic acids is 1. The minimum atomic E-state index is -1.10. The van der Waals surface area contributed by atoms with Crippen LogP contribution in [-0.4, -0.2) is 54.5 Å². The summed E-state index contributed by atoms with van der Waals surface area (Å²) in [6.07, 6.45) is -3.09. The Kier molecular flexibility index (Phi) is 9.11. The Balaban J connectivity index is 1.76. The fourth-order valence-corrected chi connectivity index (χ4v) is 5.19. The lowest BCUT2D eigenvalue weighted by atomic mass is 9.79. The summed E-state index contributed by atoms with van der Waals surface area (Å²) in [5.74, 6) is -3.12. The van der Waals surface area contributed by atoms with Crippen LogP contribution in [0.2, 0.25) is 0 Å². The Morgan fingerprint density at radius 2 is 1.26 bits per heavy atom. The summed E-state index contributed by atoms with van der Waals surface area (Å²) in [7, 11) is 0. The number of hydrogen-bond donors (Lipinski definition) is 1. The molecule has 204 valence electrons. The minimum absolute atomic E-state index is 0.0266. The van der Waals surface area contributed by atoms with Crippen molar-refractivity contribution in [1.29, 1.82) is 0 Å². The maximum Gasteiger partial charge on any atom is 0.303 e. The summed E-state index contributed by atoms with van der Waals surface area (Å²) in [4.78, 5) is 35.6. The van der Waals surface area contributed by atoms with Gasteiger partial charge >= 0.3 is 17.9 Å². The molecule has 1 aliphatic rings. The Bertz CT molecular complexity index is 1150. The summed E-state index contributed by atoms with van der Waals surface area (Å²) in [6, 6.07) is 29.3. The van der Waals surface area contributed by atoms with Crippen LogP contribution in [-0.2, 0) is 38.9 Å². The van der Waals surface area contributed by atoms with E-state index in [1.807, 2.05) is 91.0 Å². The van der Waals surface area contributed by atoms with E-state index in [1.54, 1.807) is 0 Å². The van der Waals surface area contributed by atoms with E-state index in [9.17, 15) is 19.5 Å². The maximum atomic E-state index is 12.0. The van der Waals surface area contributed by atoms with Gasteiger partial charge in [-0.15, -0.1) is 0 Å². The van der Waals surface area contributed by atoms with Gasteiger partial charge in [-0.3, -0.25) is 14.4 Å². The first-order chi connectivity index (χ1) is 18.8. The van der Waals surface area contributed by atoms with Crippen molar-refractivity contribution in [2.45, 2.75) is 44.2 Å². The van der Waals surface area contributed by atoms with E-state index in [0.717, 1.165) is 16.7 Å². The first-order valence-corrected chi connectivity index (χ1v) is 12.8. The van der Waals surface area contributed by atoms with Crippen molar-refractivity contribution in [3.63, 3.8) is 0 Å². The molecule has 0 saturated carbocycles. The van der Waals surface area contributed by atoms with Gasteiger partial charge in [0.15, 0.2) is 6.10 Å². The zero-order valence-corrected chi connectivity index (χ0v) is 21.9. The molecule has 1 N–H and O–H groups in total. The predicted molar refractivity (Wildman–Crippen MR) is 142 cm³/mol. The smallest absolute Gasteiger partial charge is 0.303 e. The summed E-state index contributed by atoms with van der Waals surface area (Å²) in [5.41, 5.74) is 1.58. The molecule has 4 unspecified atom stereocenters. The maximum absolute atomic E-state index is 12.0. The number of hydrogen-bond acceptors (Lipinski definition) is 7. The van der Waals surface area contributed by atoms with Crippen LogP contribution in [0.1, 0.15) is 37.0 Å². The summed E-state index contributed by atoms with van der Waals surface area (Å²) < 4.78 is 23.8. The fourth-order valence-electron chi connectivity index (χ4n) is 5.19. The molecule has 1 saturated heterocycles. The van der Waals surface area contributed by atoms with Crippen molar-refractivity contribution < 1.29 is 38.4 Å². The van der Waals surface area contributed by atoms with E-state index in [-0.39, 0.29) is 19.6 Å². The van der Waals surface area contributed by atoms with E-state index in [0.29, 0.717) is 0 Å². The molecule has 0 radical (unpaired) electrons. The lowest BCUT2D eigenvalue weighted by Gasteiger charge is -2.43. The van der Waals surface area contributed by atoms with Crippen molar-refractivity contribution in [1.82, 2.24) is 0 Å².